The molecule has 0 bridgehead atoms. The van der Waals surface area contributed by atoms with E-state index < -0.39 is 0 Å². The number of H-pyrrole nitrogens is 1. The van der Waals surface area contributed by atoms with Gasteiger partial charge in [0.1, 0.15) is 11.6 Å². The van der Waals surface area contributed by atoms with Gasteiger partial charge in [0.2, 0.25) is 0 Å². The molecule has 0 radical (unpaired) electrons. The quantitative estimate of drug-likeness (QED) is 0.860. The molecule has 1 unspecified atom stereocenters. The Kier molecular flexibility index (Phi) is 3.87. The summed E-state index contributed by atoms with van der Waals surface area (Å²) in [5, 5.41) is 13.6. The molecule has 1 N–H and O–H groups in total. The standard InChI is InChI=1S/C10H10FIN4O/c1-6(10-13-15-16-14-10)5-17-7-2-3-9(12)8(11)4-7/h2-4,6H,5H2,1H3,(H,13,14,15,16). The highest BCUT2D eigenvalue weighted by Crippen LogP contribution is 2.19. The predicted octanol–water partition coefficient (Wildman–Crippen LogP) is 2.13. The lowest BCUT2D eigenvalue weighted by Crippen LogP contribution is -2.09. The van der Waals surface area contributed by atoms with Crippen molar-refractivity contribution in [2.75, 3.05) is 6.61 Å². The minimum Gasteiger partial charge on any atom is -0.493 e. The number of tetrazole rings is 1. The molecule has 0 aliphatic heterocycles. The SMILES string of the molecule is CC(COc1ccc(I)c(F)c1)c1nn[nH]n1. The van der Waals surface area contributed by atoms with Gasteiger partial charge in [-0.25, -0.2) is 4.39 Å². The number of hydrogen-bond acceptors (Lipinski definition) is 4. The maximum absolute atomic E-state index is 13.2. The summed E-state index contributed by atoms with van der Waals surface area (Å²) in [6.45, 7) is 2.29. The van der Waals surface area contributed by atoms with Gasteiger partial charge in [0.05, 0.1) is 12.5 Å². The van der Waals surface area contributed by atoms with Crippen LogP contribution in [0.15, 0.2) is 18.2 Å². The summed E-state index contributed by atoms with van der Waals surface area (Å²) in [7, 11) is 0. The first-order valence-electron chi connectivity index (χ1n) is 4.98. The molecule has 0 aliphatic rings. The van der Waals surface area contributed by atoms with Gasteiger partial charge >= 0.3 is 0 Å². The second-order valence-electron chi connectivity index (χ2n) is 3.56. The number of nitrogens with one attached hydrogen (secondary N) is 1. The Morgan fingerprint density at radius 1 is 1.53 bits per heavy atom. The van der Waals surface area contributed by atoms with Crippen LogP contribution in [0, 0.1) is 9.39 Å². The predicted molar refractivity (Wildman–Crippen MR) is 67.2 cm³/mol. The monoisotopic (exact) mass is 348 g/mol. The maximum atomic E-state index is 13.2. The number of hydrogen-bond donors (Lipinski definition) is 1. The molecule has 0 saturated heterocycles. The summed E-state index contributed by atoms with van der Waals surface area (Å²) < 4.78 is 19.3. The van der Waals surface area contributed by atoms with E-state index in [0.717, 1.165) is 0 Å². The molecule has 0 spiro atoms. The molecular weight excluding hydrogens is 338 g/mol. The minimum absolute atomic E-state index is 0.00362. The first-order chi connectivity index (χ1) is 8.16. The number of halogens is 2. The van der Waals surface area contributed by atoms with E-state index >= 15 is 0 Å². The van der Waals surface area contributed by atoms with Crippen molar-refractivity contribution in [2.24, 2.45) is 0 Å². The lowest BCUT2D eigenvalue weighted by atomic mass is 10.2. The first kappa shape index (κ1) is 12.2. The van der Waals surface area contributed by atoms with Crippen molar-refractivity contribution in [3.63, 3.8) is 0 Å². The molecule has 90 valence electrons. The first-order valence-corrected chi connectivity index (χ1v) is 6.06. The number of aromatic nitrogens is 4. The average molecular weight is 348 g/mol. The second kappa shape index (κ2) is 5.39. The Bertz CT molecular complexity index is 491. The van der Waals surface area contributed by atoms with Crippen LogP contribution in [-0.2, 0) is 0 Å². The van der Waals surface area contributed by atoms with Gasteiger partial charge in [0, 0.05) is 9.64 Å². The molecule has 0 aliphatic carbocycles. The smallest absolute Gasteiger partial charge is 0.180 e. The number of ether oxygens (including phenoxy) is 1. The Hall–Kier alpha value is -1.25. The van der Waals surface area contributed by atoms with Crippen LogP contribution in [0.4, 0.5) is 4.39 Å². The van der Waals surface area contributed by atoms with Gasteiger partial charge < -0.3 is 4.74 Å². The fourth-order valence-electron chi connectivity index (χ4n) is 1.24. The van der Waals surface area contributed by atoms with Crippen LogP contribution in [0.1, 0.15) is 18.7 Å². The number of nitrogens with zero attached hydrogens (tertiary/aromatic N) is 3. The van der Waals surface area contributed by atoms with E-state index in [4.69, 9.17) is 4.74 Å². The Morgan fingerprint density at radius 2 is 2.35 bits per heavy atom. The molecule has 2 rings (SSSR count). The average Bonchev–Trinajstić information content (AvgIpc) is 2.84. The van der Waals surface area contributed by atoms with Gasteiger partial charge in [-0.3, -0.25) is 0 Å². The molecule has 0 saturated carbocycles. The molecule has 0 fully saturated rings. The van der Waals surface area contributed by atoms with Gasteiger partial charge in [0.25, 0.3) is 0 Å². The summed E-state index contributed by atoms with van der Waals surface area (Å²) in [6.07, 6.45) is 0. The summed E-state index contributed by atoms with van der Waals surface area (Å²) >= 11 is 1.93. The van der Waals surface area contributed by atoms with Crippen LogP contribution in [0.5, 0.6) is 5.75 Å². The van der Waals surface area contributed by atoms with Crippen molar-refractivity contribution in [1.82, 2.24) is 20.6 Å². The van der Waals surface area contributed by atoms with E-state index in [1.165, 1.54) is 6.07 Å². The minimum atomic E-state index is -0.282. The summed E-state index contributed by atoms with van der Waals surface area (Å²) in [5.41, 5.74) is 0. The zero-order valence-electron chi connectivity index (χ0n) is 9.02. The van der Waals surface area contributed by atoms with E-state index in [1.807, 2.05) is 29.5 Å². The van der Waals surface area contributed by atoms with Crippen LogP contribution in [0.25, 0.3) is 0 Å². The molecule has 17 heavy (non-hydrogen) atoms. The molecule has 0 amide bonds. The topological polar surface area (TPSA) is 63.7 Å². The lowest BCUT2D eigenvalue weighted by Gasteiger charge is -2.10. The van der Waals surface area contributed by atoms with Gasteiger partial charge in [-0.15, -0.1) is 10.2 Å². The molecule has 1 aromatic heterocycles. The zero-order chi connectivity index (χ0) is 12.3. The Morgan fingerprint density at radius 3 is 3.00 bits per heavy atom. The van der Waals surface area contributed by atoms with Gasteiger partial charge in [-0.2, -0.15) is 5.21 Å². The highest BCUT2D eigenvalue weighted by Gasteiger charge is 2.11. The highest BCUT2D eigenvalue weighted by atomic mass is 127. The number of benzene rings is 1. The largest absolute Gasteiger partial charge is 0.493 e. The van der Waals surface area contributed by atoms with Gasteiger partial charge in [-0.1, -0.05) is 12.1 Å². The number of rotatable bonds is 4. The summed E-state index contributed by atoms with van der Waals surface area (Å²) in [6, 6.07) is 4.77. The van der Waals surface area contributed by atoms with Crippen LogP contribution in [-0.4, -0.2) is 27.2 Å². The van der Waals surface area contributed by atoms with Crippen LogP contribution in [0.2, 0.25) is 0 Å². The zero-order valence-corrected chi connectivity index (χ0v) is 11.2. The Labute approximate surface area is 111 Å². The van der Waals surface area contributed by atoms with Crippen molar-refractivity contribution >= 4 is 22.6 Å². The van der Waals surface area contributed by atoms with Crippen molar-refractivity contribution in [2.45, 2.75) is 12.8 Å². The van der Waals surface area contributed by atoms with Crippen molar-refractivity contribution < 1.29 is 9.13 Å². The van der Waals surface area contributed by atoms with E-state index in [9.17, 15) is 4.39 Å². The molecule has 5 nitrogen and oxygen atoms in total. The fraction of sp³-hybridized carbons (Fsp3) is 0.300. The highest BCUT2D eigenvalue weighted by molar-refractivity contribution is 14.1. The lowest BCUT2D eigenvalue weighted by molar-refractivity contribution is 0.290. The van der Waals surface area contributed by atoms with Crippen molar-refractivity contribution in [3.05, 3.63) is 33.4 Å². The summed E-state index contributed by atoms with van der Waals surface area (Å²) in [5.74, 6) is 0.792. The van der Waals surface area contributed by atoms with Crippen LogP contribution >= 0.6 is 22.6 Å². The fourth-order valence-corrected chi connectivity index (χ4v) is 1.58. The third-order valence-electron chi connectivity index (χ3n) is 2.19. The van der Waals surface area contributed by atoms with Crippen molar-refractivity contribution in [1.29, 1.82) is 0 Å². The molecule has 1 aromatic carbocycles. The molecule has 1 heterocycles. The normalized spacial score (nSPS) is 12.4. The van der Waals surface area contributed by atoms with Gasteiger partial charge in [-0.05, 0) is 34.7 Å². The second-order valence-corrected chi connectivity index (χ2v) is 4.72. The molecule has 2 aromatic rings. The van der Waals surface area contributed by atoms with Gasteiger partial charge in [0.15, 0.2) is 5.82 Å². The Balaban J connectivity index is 1.96. The van der Waals surface area contributed by atoms with E-state index in [2.05, 4.69) is 20.6 Å². The molecular formula is C10H10FIN4O. The molecule has 7 heteroatoms. The number of aromatic amines is 1. The van der Waals surface area contributed by atoms with Crippen LogP contribution < -0.4 is 4.74 Å². The summed E-state index contributed by atoms with van der Waals surface area (Å²) in [4.78, 5) is 0. The van der Waals surface area contributed by atoms with Crippen molar-refractivity contribution in [3.8, 4) is 5.75 Å². The van der Waals surface area contributed by atoms with Crippen LogP contribution in [0.3, 0.4) is 0 Å². The molecule has 1 atom stereocenters. The third kappa shape index (κ3) is 3.11. The maximum Gasteiger partial charge on any atom is 0.180 e. The van der Waals surface area contributed by atoms with E-state index in [0.29, 0.717) is 21.8 Å². The third-order valence-corrected chi connectivity index (χ3v) is 3.07. The van der Waals surface area contributed by atoms with E-state index in [1.54, 1.807) is 12.1 Å². The van der Waals surface area contributed by atoms with E-state index in [-0.39, 0.29) is 11.7 Å².